The summed E-state index contributed by atoms with van der Waals surface area (Å²) in [6.07, 6.45) is 1.98. The average Bonchev–Trinajstić information content (AvgIpc) is 2.45. The van der Waals surface area contributed by atoms with Crippen molar-refractivity contribution in [3.63, 3.8) is 0 Å². The molecule has 0 unspecified atom stereocenters. The summed E-state index contributed by atoms with van der Waals surface area (Å²) in [4.78, 5) is 18.2. The van der Waals surface area contributed by atoms with Crippen LogP contribution in [0, 0.1) is 6.92 Å². The van der Waals surface area contributed by atoms with Gasteiger partial charge >= 0.3 is 5.97 Å². The molecule has 0 amide bonds. The smallest absolute Gasteiger partial charge is 0.305 e. The van der Waals surface area contributed by atoms with Gasteiger partial charge in [-0.2, -0.15) is 0 Å². The number of halogens is 1. The van der Waals surface area contributed by atoms with Crippen molar-refractivity contribution >= 4 is 21.9 Å². The number of hydrogen-bond donors (Lipinski definition) is 1. The van der Waals surface area contributed by atoms with E-state index < -0.39 is 0 Å². The van der Waals surface area contributed by atoms with Crippen LogP contribution in [0.25, 0.3) is 0 Å². The van der Waals surface area contributed by atoms with E-state index in [9.17, 15) is 4.79 Å². The minimum atomic E-state index is -0.173. The molecule has 78 valence electrons. The van der Waals surface area contributed by atoms with Gasteiger partial charge in [0.2, 0.25) is 0 Å². The lowest BCUT2D eigenvalue weighted by atomic mass is 10.2. The molecular formula is C9H13BrN2O2. The Labute approximate surface area is 91.2 Å². The molecule has 0 aromatic carbocycles. The highest BCUT2D eigenvalue weighted by Crippen LogP contribution is 2.15. The van der Waals surface area contributed by atoms with Crippen LogP contribution in [0.5, 0.6) is 0 Å². The molecule has 14 heavy (non-hydrogen) atoms. The van der Waals surface area contributed by atoms with Crippen molar-refractivity contribution in [2.24, 2.45) is 0 Å². The van der Waals surface area contributed by atoms with Gasteiger partial charge in [0, 0.05) is 6.42 Å². The van der Waals surface area contributed by atoms with Crippen LogP contribution in [0.1, 0.15) is 24.4 Å². The zero-order valence-corrected chi connectivity index (χ0v) is 9.85. The first-order chi connectivity index (χ1) is 6.63. The number of ether oxygens (including phenoxy) is 1. The second kappa shape index (κ2) is 5.14. The van der Waals surface area contributed by atoms with E-state index in [4.69, 9.17) is 0 Å². The highest BCUT2D eigenvalue weighted by atomic mass is 79.9. The molecule has 1 aromatic heterocycles. The lowest BCUT2D eigenvalue weighted by Gasteiger charge is -1.97. The quantitative estimate of drug-likeness (QED) is 0.843. The Balaban J connectivity index is 2.38. The Morgan fingerprint density at radius 3 is 2.86 bits per heavy atom. The maximum absolute atomic E-state index is 10.8. The molecule has 5 heteroatoms. The second-order valence-corrected chi connectivity index (χ2v) is 3.81. The van der Waals surface area contributed by atoms with Crippen LogP contribution in [0.3, 0.4) is 0 Å². The van der Waals surface area contributed by atoms with Crippen LogP contribution in [0.2, 0.25) is 0 Å². The Morgan fingerprint density at radius 2 is 2.36 bits per heavy atom. The Bertz CT molecular complexity index is 323. The molecule has 1 heterocycles. The zero-order valence-electron chi connectivity index (χ0n) is 8.26. The molecule has 0 radical (unpaired) electrons. The summed E-state index contributed by atoms with van der Waals surface area (Å²) in [5, 5.41) is 0. The fourth-order valence-corrected chi connectivity index (χ4v) is 1.75. The molecular weight excluding hydrogens is 248 g/mol. The number of esters is 1. The Hall–Kier alpha value is -0.840. The fourth-order valence-electron chi connectivity index (χ4n) is 1.18. The molecule has 1 N–H and O–H groups in total. The highest BCUT2D eigenvalue weighted by Gasteiger charge is 2.06. The highest BCUT2D eigenvalue weighted by molar-refractivity contribution is 9.10. The van der Waals surface area contributed by atoms with E-state index in [2.05, 4.69) is 30.6 Å². The molecule has 1 rings (SSSR count). The number of imidazole rings is 1. The molecule has 0 spiro atoms. The monoisotopic (exact) mass is 260 g/mol. The molecule has 0 aliphatic carbocycles. The van der Waals surface area contributed by atoms with Crippen molar-refractivity contribution < 1.29 is 9.53 Å². The van der Waals surface area contributed by atoms with Gasteiger partial charge in [0.25, 0.3) is 0 Å². The molecule has 1 aromatic rings. The van der Waals surface area contributed by atoms with Gasteiger partial charge in [-0.1, -0.05) is 0 Å². The van der Waals surface area contributed by atoms with Crippen molar-refractivity contribution in [3.8, 4) is 0 Å². The minimum absolute atomic E-state index is 0.173. The standard InChI is InChI=1S/C9H13BrN2O2/c1-6-11-7(9(10)12-6)4-3-5-8(13)14-2/h3-5H2,1-2H3,(H,11,12). The largest absolute Gasteiger partial charge is 0.469 e. The summed E-state index contributed by atoms with van der Waals surface area (Å²) in [5.74, 6) is 0.707. The van der Waals surface area contributed by atoms with E-state index in [1.807, 2.05) is 6.92 Å². The van der Waals surface area contributed by atoms with Gasteiger partial charge in [-0.25, -0.2) is 4.98 Å². The summed E-state index contributed by atoms with van der Waals surface area (Å²) in [6.45, 7) is 1.90. The lowest BCUT2D eigenvalue weighted by Crippen LogP contribution is -2.00. The summed E-state index contributed by atoms with van der Waals surface area (Å²) in [6, 6.07) is 0. The number of aromatic nitrogens is 2. The van der Waals surface area contributed by atoms with Gasteiger partial charge < -0.3 is 9.72 Å². The maximum atomic E-state index is 10.8. The summed E-state index contributed by atoms with van der Waals surface area (Å²) < 4.78 is 5.45. The molecule has 0 fully saturated rings. The summed E-state index contributed by atoms with van der Waals surface area (Å²) in [7, 11) is 1.40. The molecule has 0 saturated carbocycles. The van der Waals surface area contributed by atoms with Crippen molar-refractivity contribution in [2.45, 2.75) is 26.2 Å². The number of rotatable bonds is 4. The first-order valence-electron chi connectivity index (χ1n) is 4.41. The number of aromatic amines is 1. The van der Waals surface area contributed by atoms with Crippen LogP contribution in [-0.2, 0) is 16.0 Å². The number of methoxy groups -OCH3 is 1. The predicted octanol–water partition coefficient (Wildman–Crippen LogP) is 1.98. The van der Waals surface area contributed by atoms with Crippen LogP contribution in [0.4, 0.5) is 0 Å². The SMILES string of the molecule is COC(=O)CCCc1nc(C)[nH]c1Br. The summed E-state index contributed by atoms with van der Waals surface area (Å²) >= 11 is 3.37. The molecule has 0 bridgehead atoms. The first-order valence-corrected chi connectivity index (χ1v) is 5.20. The van der Waals surface area contributed by atoms with E-state index in [0.29, 0.717) is 6.42 Å². The predicted molar refractivity (Wildman–Crippen MR) is 56.0 cm³/mol. The number of aryl methyl sites for hydroxylation is 2. The van der Waals surface area contributed by atoms with E-state index in [-0.39, 0.29) is 5.97 Å². The van der Waals surface area contributed by atoms with Crippen LogP contribution < -0.4 is 0 Å². The summed E-state index contributed by atoms with van der Waals surface area (Å²) in [5.41, 5.74) is 0.964. The third-order valence-corrected chi connectivity index (χ3v) is 2.52. The Morgan fingerprint density at radius 1 is 1.64 bits per heavy atom. The van der Waals surface area contributed by atoms with Gasteiger partial charge in [-0.15, -0.1) is 0 Å². The third kappa shape index (κ3) is 3.14. The minimum Gasteiger partial charge on any atom is -0.469 e. The topological polar surface area (TPSA) is 55.0 Å². The molecule has 0 atom stereocenters. The zero-order chi connectivity index (χ0) is 10.6. The number of hydrogen-bond acceptors (Lipinski definition) is 3. The fraction of sp³-hybridized carbons (Fsp3) is 0.556. The van der Waals surface area contributed by atoms with Gasteiger partial charge in [0.05, 0.1) is 12.8 Å². The van der Waals surface area contributed by atoms with Gasteiger partial charge in [0.15, 0.2) is 0 Å². The first kappa shape index (κ1) is 11.2. The number of carbonyl (C=O) groups is 1. The third-order valence-electron chi connectivity index (χ3n) is 1.87. The van der Waals surface area contributed by atoms with Gasteiger partial charge in [-0.3, -0.25) is 4.79 Å². The molecule has 0 aliphatic heterocycles. The molecule has 0 aliphatic rings. The van der Waals surface area contributed by atoms with Crippen molar-refractivity contribution in [1.29, 1.82) is 0 Å². The van der Waals surface area contributed by atoms with E-state index in [1.165, 1.54) is 7.11 Å². The number of nitrogens with zero attached hydrogens (tertiary/aromatic N) is 1. The number of H-pyrrole nitrogens is 1. The molecule has 4 nitrogen and oxygen atoms in total. The van der Waals surface area contributed by atoms with Crippen molar-refractivity contribution in [3.05, 3.63) is 16.1 Å². The van der Waals surface area contributed by atoms with Gasteiger partial charge in [0.1, 0.15) is 10.4 Å². The van der Waals surface area contributed by atoms with Gasteiger partial charge in [-0.05, 0) is 35.7 Å². The van der Waals surface area contributed by atoms with E-state index >= 15 is 0 Å². The molecule has 0 saturated heterocycles. The number of nitrogens with one attached hydrogen (secondary N) is 1. The maximum Gasteiger partial charge on any atom is 0.305 e. The number of carbonyl (C=O) groups excluding carboxylic acids is 1. The normalized spacial score (nSPS) is 10.2. The lowest BCUT2D eigenvalue weighted by molar-refractivity contribution is -0.140. The Kier molecular flexibility index (Phi) is 4.13. The van der Waals surface area contributed by atoms with Crippen LogP contribution in [0.15, 0.2) is 4.60 Å². The average molecular weight is 261 g/mol. The van der Waals surface area contributed by atoms with Crippen LogP contribution in [-0.4, -0.2) is 23.0 Å². The van der Waals surface area contributed by atoms with Crippen LogP contribution >= 0.6 is 15.9 Å². The van der Waals surface area contributed by atoms with E-state index in [1.54, 1.807) is 0 Å². The van der Waals surface area contributed by atoms with Crippen molar-refractivity contribution in [1.82, 2.24) is 9.97 Å². The second-order valence-electron chi connectivity index (χ2n) is 3.01. The van der Waals surface area contributed by atoms with E-state index in [0.717, 1.165) is 29.0 Å². The van der Waals surface area contributed by atoms with Crippen molar-refractivity contribution in [2.75, 3.05) is 7.11 Å².